The molecule has 1 saturated carbocycles. The van der Waals surface area contributed by atoms with Crippen molar-refractivity contribution in [3.05, 3.63) is 23.8 Å². The molecular formula is C16H24N2O2. The van der Waals surface area contributed by atoms with Crippen LogP contribution in [0.25, 0.3) is 0 Å². The summed E-state index contributed by atoms with van der Waals surface area (Å²) >= 11 is 0. The molecule has 0 spiro atoms. The third-order valence-corrected chi connectivity index (χ3v) is 4.56. The van der Waals surface area contributed by atoms with Gasteiger partial charge in [0.1, 0.15) is 11.5 Å². The molecule has 1 aliphatic heterocycles. The molecule has 0 radical (unpaired) electrons. The molecule has 1 aromatic rings. The smallest absolute Gasteiger partial charge is 0.120 e. The van der Waals surface area contributed by atoms with Gasteiger partial charge in [-0.15, -0.1) is 0 Å². The van der Waals surface area contributed by atoms with E-state index in [1.807, 2.05) is 6.92 Å². The Morgan fingerprint density at radius 3 is 2.50 bits per heavy atom. The Morgan fingerprint density at radius 2 is 1.85 bits per heavy atom. The molecule has 1 saturated heterocycles. The number of likely N-dealkylation sites (tertiary alicyclic amines) is 1. The van der Waals surface area contributed by atoms with Crippen molar-refractivity contribution in [1.82, 2.24) is 10.2 Å². The maximum Gasteiger partial charge on any atom is 0.120 e. The van der Waals surface area contributed by atoms with Crippen LogP contribution in [0.5, 0.6) is 11.5 Å². The third-order valence-electron chi connectivity index (χ3n) is 4.56. The predicted octanol–water partition coefficient (Wildman–Crippen LogP) is 2.38. The van der Waals surface area contributed by atoms with Crippen LogP contribution in [-0.4, -0.2) is 40.3 Å². The average molecular weight is 276 g/mol. The SMILES string of the molecule is CC(NC1CCN(C2CC2)CC1)c1cc(O)ccc1O. The van der Waals surface area contributed by atoms with Crippen molar-refractivity contribution in [2.45, 2.75) is 50.7 Å². The van der Waals surface area contributed by atoms with Crippen LogP contribution in [0.1, 0.15) is 44.2 Å². The molecule has 2 fully saturated rings. The molecule has 3 rings (SSSR count). The largest absolute Gasteiger partial charge is 0.508 e. The molecule has 1 aliphatic carbocycles. The highest BCUT2D eigenvalue weighted by Gasteiger charge is 2.32. The zero-order chi connectivity index (χ0) is 14.1. The number of piperidine rings is 1. The second-order valence-corrected chi connectivity index (χ2v) is 6.17. The third kappa shape index (κ3) is 3.07. The number of phenolic OH excluding ortho intramolecular Hbond substituents is 2. The Kier molecular flexibility index (Phi) is 3.85. The van der Waals surface area contributed by atoms with Gasteiger partial charge >= 0.3 is 0 Å². The number of aromatic hydroxyl groups is 2. The highest BCUT2D eigenvalue weighted by atomic mass is 16.3. The summed E-state index contributed by atoms with van der Waals surface area (Å²) < 4.78 is 0. The minimum Gasteiger partial charge on any atom is -0.508 e. The van der Waals surface area contributed by atoms with E-state index < -0.39 is 0 Å². The molecule has 4 nitrogen and oxygen atoms in total. The van der Waals surface area contributed by atoms with Crippen LogP contribution in [0.2, 0.25) is 0 Å². The van der Waals surface area contributed by atoms with Crippen molar-refractivity contribution in [3.8, 4) is 11.5 Å². The molecule has 4 heteroatoms. The van der Waals surface area contributed by atoms with Crippen LogP contribution in [0.4, 0.5) is 0 Å². The number of hydrogen-bond acceptors (Lipinski definition) is 4. The molecule has 1 aromatic carbocycles. The lowest BCUT2D eigenvalue weighted by Gasteiger charge is -2.34. The van der Waals surface area contributed by atoms with Crippen molar-refractivity contribution >= 4 is 0 Å². The van der Waals surface area contributed by atoms with Crippen LogP contribution in [-0.2, 0) is 0 Å². The molecule has 20 heavy (non-hydrogen) atoms. The molecule has 1 atom stereocenters. The summed E-state index contributed by atoms with van der Waals surface area (Å²) in [7, 11) is 0. The van der Waals surface area contributed by atoms with Crippen molar-refractivity contribution in [2.24, 2.45) is 0 Å². The van der Waals surface area contributed by atoms with E-state index in [0.717, 1.165) is 11.6 Å². The fourth-order valence-electron chi connectivity index (χ4n) is 3.20. The summed E-state index contributed by atoms with van der Waals surface area (Å²) in [5, 5.41) is 23.0. The summed E-state index contributed by atoms with van der Waals surface area (Å²) in [6.45, 7) is 4.41. The van der Waals surface area contributed by atoms with Crippen LogP contribution in [0, 0.1) is 0 Å². The Morgan fingerprint density at radius 1 is 1.15 bits per heavy atom. The van der Waals surface area contributed by atoms with Gasteiger partial charge in [-0.05, 0) is 63.9 Å². The van der Waals surface area contributed by atoms with Crippen LogP contribution < -0.4 is 5.32 Å². The Balaban J connectivity index is 1.56. The van der Waals surface area contributed by atoms with Gasteiger partial charge in [-0.2, -0.15) is 0 Å². The van der Waals surface area contributed by atoms with Gasteiger partial charge in [-0.3, -0.25) is 0 Å². The fraction of sp³-hybridized carbons (Fsp3) is 0.625. The van der Waals surface area contributed by atoms with E-state index in [4.69, 9.17) is 0 Å². The number of nitrogens with one attached hydrogen (secondary N) is 1. The Bertz CT molecular complexity index is 466. The van der Waals surface area contributed by atoms with Crippen LogP contribution in [0.15, 0.2) is 18.2 Å². The van der Waals surface area contributed by atoms with E-state index in [-0.39, 0.29) is 17.5 Å². The van der Waals surface area contributed by atoms with Gasteiger partial charge in [-0.25, -0.2) is 0 Å². The Labute approximate surface area is 120 Å². The second kappa shape index (κ2) is 5.62. The summed E-state index contributed by atoms with van der Waals surface area (Å²) in [5.41, 5.74) is 0.773. The zero-order valence-corrected chi connectivity index (χ0v) is 12.0. The Hall–Kier alpha value is -1.26. The lowest BCUT2D eigenvalue weighted by atomic mass is 10.0. The van der Waals surface area contributed by atoms with Crippen molar-refractivity contribution < 1.29 is 10.2 Å². The lowest BCUT2D eigenvalue weighted by molar-refractivity contribution is 0.184. The number of phenols is 2. The standard InChI is InChI=1S/C16H24N2O2/c1-11(15-10-14(19)4-5-16(15)20)17-12-6-8-18(9-7-12)13-2-3-13/h4-5,10-13,17,19-20H,2-3,6-9H2,1H3. The first-order valence-electron chi connectivity index (χ1n) is 7.65. The highest BCUT2D eigenvalue weighted by molar-refractivity contribution is 5.40. The summed E-state index contributed by atoms with van der Waals surface area (Å²) in [4.78, 5) is 2.61. The first-order chi connectivity index (χ1) is 9.63. The second-order valence-electron chi connectivity index (χ2n) is 6.17. The van der Waals surface area contributed by atoms with E-state index in [1.165, 1.54) is 44.8 Å². The van der Waals surface area contributed by atoms with Gasteiger partial charge in [0.25, 0.3) is 0 Å². The summed E-state index contributed by atoms with van der Waals surface area (Å²) in [6, 6.07) is 6.13. The molecule has 3 N–H and O–H groups in total. The quantitative estimate of drug-likeness (QED) is 0.739. The van der Waals surface area contributed by atoms with Gasteiger partial charge in [0.05, 0.1) is 0 Å². The average Bonchev–Trinajstić information content (AvgIpc) is 3.27. The van der Waals surface area contributed by atoms with E-state index >= 15 is 0 Å². The monoisotopic (exact) mass is 276 g/mol. The van der Waals surface area contributed by atoms with Gasteiger partial charge in [0.2, 0.25) is 0 Å². The minimum absolute atomic E-state index is 0.0552. The zero-order valence-electron chi connectivity index (χ0n) is 12.0. The maximum atomic E-state index is 9.90. The van der Waals surface area contributed by atoms with Crippen molar-refractivity contribution in [2.75, 3.05) is 13.1 Å². The van der Waals surface area contributed by atoms with Gasteiger partial charge in [-0.1, -0.05) is 0 Å². The predicted molar refractivity (Wildman–Crippen MR) is 78.9 cm³/mol. The molecule has 110 valence electrons. The molecular weight excluding hydrogens is 252 g/mol. The first-order valence-corrected chi connectivity index (χ1v) is 7.65. The minimum atomic E-state index is 0.0552. The first kappa shape index (κ1) is 13.7. The molecule has 0 amide bonds. The van der Waals surface area contributed by atoms with Crippen molar-refractivity contribution in [1.29, 1.82) is 0 Å². The van der Waals surface area contributed by atoms with Gasteiger partial charge in [0, 0.05) is 23.7 Å². The lowest BCUT2D eigenvalue weighted by Crippen LogP contribution is -2.44. The summed E-state index contributed by atoms with van der Waals surface area (Å²) in [5.74, 6) is 0.452. The molecule has 1 heterocycles. The van der Waals surface area contributed by atoms with Gasteiger partial charge < -0.3 is 20.4 Å². The maximum absolute atomic E-state index is 9.90. The number of rotatable bonds is 4. The van der Waals surface area contributed by atoms with E-state index in [1.54, 1.807) is 12.1 Å². The molecule has 1 unspecified atom stereocenters. The van der Waals surface area contributed by atoms with Crippen LogP contribution in [0.3, 0.4) is 0 Å². The number of benzene rings is 1. The number of hydrogen-bond donors (Lipinski definition) is 3. The van der Waals surface area contributed by atoms with Gasteiger partial charge in [0.15, 0.2) is 0 Å². The topological polar surface area (TPSA) is 55.7 Å². The van der Waals surface area contributed by atoms with E-state index in [0.29, 0.717) is 6.04 Å². The van der Waals surface area contributed by atoms with Crippen LogP contribution >= 0.6 is 0 Å². The summed E-state index contributed by atoms with van der Waals surface area (Å²) in [6.07, 6.45) is 5.10. The van der Waals surface area contributed by atoms with Crippen molar-refractivity contribution in [3.63, 3.8) is 0 Å². The normalized spacial score (nSPS) is 22.9. The molecule has 0 aromatic heterocycles. The highest BCUT2D eigenvalue weighted by Crippen LogP contribution is 2.31. The number of nitrogens with zero attached hydrogens (tertiary/aromatic N) is 1. The molecule has 2 aliphatic rings. The fourth-order valence-corrected chi connectivity index (χ4v) is 3.20. The van der Waals surface area contributed by atoms with E-state index in [9.17, 15) is 10.2 Å². The van der Waals surface area contributed by atoms with E-state index in [2.05, 4.69) is 10.2 Å². The molecule has 0 bridgehead atoms.